The average Bonchev–Trinajstić information content (AvgIpc) is 3.02. The minimum absolute atomic E-state index is 0.0437. The summed E-state index contributed by atoms with van der Waals surface area (Å²) in [5, 5.41) is 3.44. The minimum Gasteiger partial charge on any atom is -0.493 e. The van der Waals surface area contributed by atoms with Crippen LogP contribution in [0.25, 0.3) is 0 Å². The zero-order valence-electron chi connectivity index (χ0n) is 12.8. The fourth-order valence-corrected chi connectivity index (χ4v) is 3.75. The summed E-state index contributed by atoms with van der Waals surface area (Å²) in [6.07, 6.45) is 0.450. The third-order valence-electron chi connectivity index (χ3n) is 4.99. The monoisotopic (exact) mass is 288 g/mol. The molecule has 2 heterocycles. The molecular weight excluding hydrogens is 264 g/mol. The molecule has 2 unspecified atom stereocenters. The number of likely N-dealkylation sites (tertiary alicyclic amines) is 1. The number of fused-ring (bicyclic) bond motifs is 1. The van der Waals surface area contributed by atoms with Crippen molar-refractivity contribution in [2.24, 2.45) is 11.8 Å². The number of hydrogen-bond donors (Lipinski definition) is 1. The van der Waals surface area contributed by atoms with Crippen LogP contribution >= 0.6 is 0 Å². The Morgan fingerprint density at radius 2 is 2.10 bits per heavy atom. The molecule has 2 aliphatic heterocycles. The highest BCUT2D eigenvalue weighted by Crippen LogP contribution is 2.40. The maximum Gasteiger partial charge on any atom is 0.226 e. The van der Waals surface area contributed by atoms with E-state index in [1.165, 1.54) is 0 Å². The molecule has 0 spiro atoms. The fraction of sp³-hybridized carbons (Fsp3) is 0.588. The van der Waals surface area contributed by atoms with Crippen LogP contribution in [0.15, 0.2) is 30.3 Å². The number of benzene rings is 1. The van der Waals surface area contributed by atoms with Gasteiger partial charge in [-0.05, 0) is 37.8 Å². The molecule has 4 heteroatoms. The van der Waals surface area contributed by atoms with Crippen LogP contribution in [-0.4, -0.2) is 42.6 Å². The van der Waals surface area contributed by atoms with Gasteiger partial charge in [0.15, 0.2) is 0 Å². The number of rotatable bonds is 4. The Hall–Kier alpha value is -1.55. The summed E-state index contributed by atoms with van der Waals surface area (Å²) in [5.74, 6) is 2.23. The highest BCUT2D eigenvalue weighted by atomic mass is 16.5. The number of nitrogens with one attached hydrogen (secondary N) is 1. The summed E-state index contributed by atoms with van der Waals surface area (Å²) >= 11 is 0. The van der Waals surface area contributed by atoms with Crippen LogP contribution in [0.3, 0.4) is 0 Å². The van der Waals surface area contributed by atoms with Crippen LogP contribution in [-0.2, 0) is 4.79 Å². The molecule has 114 valence electrons. The normalized spacial score (nSPS) is 26.7. The lowest BCUT2D eigenvalue weighted by atomic mass is 9.85. The Kier molecular flexibility index (Phi) is 3.89. The molecule has 2 fully saturated rings. The Labute approximate surface area is 126 Å². The summed E-state index contributed by atoms with van der Waals surface area (Å²) in [6.45, 7) is 7.79. The predicted octanol–water partition coefficient (Wildman–Crippen LogP) is 1.91. The van der Waals surface area contributed by atoms with E-state index in [1.807, 2.05) is 30.3 Å². The second-order valence-corrected chi connectivity index (χ2v) is 6.59. The van der Waals surface area contributed by atoms with Crippen molar-refractivity contribution < 1.29 is 9.53 Å². The summed E-state index contributed by atoms with van der Waals surface area (Å²) in [5.41, 5.74) is -0.0437. The van der Waals surface area contributed by atoms with Crippen LogP contribution < -0.4 is 10.1 Å². The first-order valence-corrected chi connectivity index (χ1v) is 7.78. The Morgan fingerprint density at radius 1 is 1.33 bits per heavy atom. The summed E-state index contributed by atoms with van der Waals surface area (Å²) in [6, 6.07) is 9.67. The third kappa shape index (κ3) is 2.77. The number of ether oxygens (including phenoxy) is 1. The third-order valence-corrected chi connectivity index (χ3v) is 4.99. The molecule has 0 saturated carbocycles. The highest BCUT2D eigenvalue weighted by molar-refractivity contribution is 5.77. The van der Waals surface area contributed by atoms with Crippen LogP contribution in [0.1, 0.15) is 20.3 Å². The highest BCUT2D eigenvalue weighted by Gasteiger charge is 2.50. The van der Waals surface area contributed by atoms with Gasteiger partial charge >= 0.3 is 0 Å². The van der Waals surface area contributed by atoms with Crippen molar-refractivity contribution in [2.75, 3.05) is 26.2 Å². The van der Waals surface area contributed by atoms with Crippen molar-refractivity contribution in [1.82, 2.24) is 10.2 Å². The Morgan fingerprint density at radius 3 is 2.81 bits per heavy atom. The van der Waals surface area contributed by atoms with Crippen molar-refractivity contribution in [2.45, 2.75) is 25.8 Å². The first kappa shape index (κ1) is 14.4. The van der Waals surface area contributed by atoms with Crippen LogP contribution in [0.5, 0.6) is 5.75 Å². The van der Waals surface area contributed by atoms with E-state index in [0.717, 1.165) is 25.4 Å². The summed E-state index contributed by atoms with van der Waals surface area (Å²) in [4.78, 5) is 14.6. The van der Waals surface area contributed by atoms with Gasteiger partial charge in [0.1, 0.15) is 5.75 Å². The standard InChI is InChI=1S/C17H24N2O2/c1-17(2)15-11-18-10-13(15)12-19(17)16(20)8-9-21-14-6-4-3-5-7-14/h3-7,13,15,18H,8-12H2,1-2H3. The maximum absolute atomic E-state index is 12.5. The molecule has 2 aliphatic rings. The maximum atomic E-state index is 12.5. The molecular formula is C17H24N2O2. The SMILES string of the molecule is CC1(C)C2CNCC2CN1C(=O)CCOc1ccccc1. The smallest absolute Gasteiger partial charge is 0.226 e. The number of carbonyl (C=O) groups is 1. The van der Waals surface area contributed by atoms with Gasteiger partial charge in [-0.1, -0.05) is 18.2 Å². The molecule has 1 N–H and O–H groups in total. The lowest BCUT2D eigenvalue weighted by Gasteiger charge is -2.35. The lowest BCUT2D eigenvalue weighted by Crippen LogP contribution is -2.47. The van der Waals surface area contributed by atoms with Crippen LogP contribution in [0.2, 0.25) is 0 Å². The number of amides is 1. The van der Waals surface area contributed by atoms with Gasteiger partial charge in [0, 0.05) is 25.2 Å². The van der Waals surface area contributed by atoms with E-state index < -0.39 is 0 Å². The molecule has 0 bridgehead atoms. The van der Waals surface area contributed by atoms with Crippen molar-refractivity contribution >= 4 is 5.91 Å². The van der Waals surface area contributed by atoms with Gasteiger partial charge in [-0.3, -0.25) is 4.79 Å². The Balaban J connectivity index is 1.54. The second-order valence-electron chi connectivity index (χ2n) is 6.59. The molecule has 4 nitrogen and oxygen atoms in total. The number of para-hydroxylation sites is 1. The summed E-state index contributed by atoms with van der Waals surface area (Å²) in [7, 11) is 0. The topological polar surface area (TPSA) is 41.6 Å². The molecule has 0 aromatic heterocycles. The molecule has 1 aromatic rings. The van der Waals surface area contributed by atoms with Crippen molar-refractivity contribution in [1.29, 1.82) is 0 Å². The van der Waals surface area contributed by atoms with E-state index in [2.05, 4.69) is 24.1 Å². The quantitative estimate of drug-likeness (QED) is 0.920. The fourth-order valence-electron chi connectivity index (χ4n) is 3.75. The van der Waals surface area contributed by atoms with E-state index in [-0.39, 0.29) is 11.4 Å². The molecule has 1 amide bonds. The number of carbonyl (C=O) groups excluding carboxylic acids is 1. The predicted molar refractivity (Wildman–Crippen MR) is 82.2 cm³/mol. The van der Waals surface area contributed by atoms with Gasteiger partial charge in [0.2, 0.25) is 5.91 Å². The van der Waals surface area contributed by atoms with Gasteiger partial charge in [-0.15, -0.1) is 0 Å². The van der Waals surface area contributed by atoms with Gasteiger partial charge in [0.25, 0.3) is 0 Å². The van der Waals surface area contributed by atoms with Crippen molar-refractivity contribution in [3.8, 4) is 5.75 Å². The van der Waals surface area contributed by atoms with E-state index in [4.69, 9.17) is 4.74 Å². The van der Waals surface area contributed by atoms with Crippen molar-refractivity contribution in [3.05, 3.63) is 30.3 Å². The molecule has 2 atom stereocenters. The Bertz CT molecular complexity index is 501. The summed E-state index contributed by atoms with van der Waals surface area (Å²) < 4.78 is 5.64. The second kappa shape index (κ2) is 5.68. The van der Waals surface area contributed by atoms with E-state index >= 15 is 0 Å². The molecule has 2 saturated heterocycles. The van der Waals surface area contributed by atoms with Crippen LogP contribution in [0, 0.1) is 11.8 Å². The van der Waals surface area contributed by atoms with Crippen molar-refractivity contribution in [3.63, 3.8) is 0 Å². The largest absolute Gasteiger partial charge is 0.493 e. The number of hydrogen-bond acceptors (Lipinski definition) is 3. The lowest BCUT2D eigenvalue weighted by molar-refractivity contribution is -0.135. The minimum atomic E-state index is -0.0437. The molecule has 0 radical (unpaired) electrons. The molecule has 21 heavy (non-hydrogen) atoms. The zero-order chi connectivity index (χ0) is 14.9. The first-order chi connectivity index (χ1) is 10.1. The van der Waals surface area contributed by atoms with Gasteiger partial charge in [-0.2, -0.15) is 0 Å². The molecule has 1 aromatic carbocycles. The molecule has 0 aliphatic carbocycles. The van der Waals surface area contributed by atoms with Gasteiger partial charge in [0.05, 0.1) is 13.0 Å². The van der Waals surface area contributed by atoms with E-state index in [9.17, 15) is 4.79 Å². The zero-order valence-corrected chi connectivity index (χ0v) is 12.8. The van der Waals surface area contributed by atoms with Gasteiger partial charge < -0.3 is 15.0 Å². The van der Waals surface area contributed by atoms with Crippen LogP contribution in [0.4, 0.5) is 0 Å². The number of nitrogens with zero attached hydrogens (tertiary/aromatic N) is 1. The van der Waals surface area contributed by atoms with Gasteiger partial charge in [-0.25, -0.2) is 0 Å². The first-order valence-electron chi connectivity index (χ1n) is 7.78. The van der Waals surface area contributed by atoms with E-state index in [1.54, 1.807) is 0 Å². The molecule has 3 rings (SSSR count). The van der Waals surface area contributed by atoms with E-state index in [0.29, 0.717) is 24.9 Å². The average molecular weight is 288 g/mol.